The second-order valence-corrected chi connectivity index (χ2v) is 12.5. The Kier molecular flexibility index (Phi) is 9.95. The molecule has 4 rings (SSSR count). The van der Waals surface area contributed by atoms with Crippen LogP contribution in [0.2, 0.25) is 0 Å². The Morgan fingerprint density at radius 1 is 1.14 bits per heavy atom. The molecule has 0 spiro atoms. The lowest BCUT2D eigenvalue weighted by atomic mass is 9.99. The predicted molar refractivity (Wildman–Crippen MR) is 161 cm³/mol. The summed E-state index contributed by atoms with van der Waals surface area (Å²) in [6.07, 6.45) is -0.356. The highest BCUT2D eigenvalue weighted by atomic mass is 32.2. The summed E-state index contributed by atoms with van der Waals surface area (Å²) in [5.41, 5.74) is 1.52. The number of fused-ring (bicyclic) bond motifs is 1. The molecule has 43 heavy (non-hydrogen) atoms. The van der Waals surface area contributed by atoms with Gasteiger partial charge in [0.25, 0.3) is 15.9 Å². The second kappa shape index (κ2) is 13.4. The van der Waals surface area contributed by atoms with Crippen molar-refractivity contribution in [2.45, 2.75) is 37.4 Å². The van der Waals surface area contributed by atoms with Crippen molar-refractivity contribution in [1.82, 2.24) is 9.80 Å². The first-order valence-electron chi connectivity index (χ1n) is 13.8. The van der Waals surface area contributed by atoms with Crippen LogP contribution in [0.4, 0.5) is 5.69 Å². The van der Waals surface area contributed by atoms with Gasteiger partial charge < -0.3 is 24.6 Å². The van der Waals surface area contributed by atoms with Crippen LogP contribution in [0.3, 0.4) is 0 Å². The third-order valence-corrected chi connectivity index (χ3v) is 8.83. The van der Waals surface area contributed by atoms with E-state index in [0.717, 1.165) is 5.56 Å². The van der Waals surface area contributed by atoms with Crippen LogP contribution >= 0.6 is 0 Å². The number of rotatable bonds is 11. The Balaban J connectivity index is 1.60. The van der Waals surface area contributed by atoms with Crippen LogP contribution in [0.15, 0.2) is 71.6 Å². The molecule has 3 aromatic carbocycles. The molecule has 0 bridgehead atoms. The van der Waals surface area contributed by atoms with Crippen molar-refractivity contribution in [3.63, 3.8) is 0 Å². The second-order valence-electron chi connectivity index (χ2n) is 10.8. The highest BCUT2D eigenvalue weighted by Crippen LogP contribution is 2.31. The van der Waals surface area contributed by atoms with Gasteiger partial charge in [-0.1, -0.05) is 19.1 Å². The summed E-state index contributed by atoms with van der Waals surface area (Å²) in [4.78, 5) is 28.6. The minimum atomic E-state index is -3.96. The van der Waals surface area contributed by atoms with E-state index < -0.39 is 22.0 Å². The van der Waals surface area contributed by atoms with E-state index in [2.05, 4.69) is 9.62 Å². The highest BCUT2D eigenvalue weighted by Gasteiger charge is 2.33. The van der Waals surface area contributed by atoms with Gasteiger partial charge in [0.15, 0.2) is 0 Å². The third-order valence-electron chi connectivity index (χ3n) is 7.43. The van der Waals surface area contributed by atoms with E-state index in [-0.39, 0.29) is 46.2 Å². The van der Waals surface area contributed by atoms with Gasteiger partial charge in [-0.3, -0.25) is 14.4 Å². The lowest BCUT2D eigenvalue weighted by Gasteiger charge is -2.38. The van der Waals surface area contributed by atoms with E-state index >= 15 is 0 Å². The van der Waals surface area contributed by atoms with Gasteiger partial charge in [-0.25, -0.2) is 13.2 Å². The molecule has 11 nitrogen and oxygen atoms in total. The van der Waals surface area contributed by atoms with Gasteiger partial charge in [0.2, 0.25) is 0 Å². The number of sulfonamides is 1. The number of amides is 1. The highest BCUT2D eigenvalue weighted by molar-refractivity contribution is 7.92. The maximum atomic E-state index is 13.7. The number of benzene rings is 3. The molecule has 0 fully saturated rings. The van der Waals surface area contributed by atoms with Crippen molar-refractivity contribution in [2.75, 3.05) is 38.6 Å². The van der Waals surface area contributed by atoms with Crippen LogP contribution in [0.25, 0.3) is 0 Å². The number of aromatic carboxylic acids is 1. The van der Waals surface area contributed by atoms with E-state index in [1.165, 1.54) is 25.3 Å². The number of carboxylic acids is 1. The zero-order chi connectivity index (χ0) is 31.3. The number of methoxy groups -OCH3 is 1. The summed E-state index contributed by atoms with van der Waals surface area (Å²) in [7, 11) is -0.538. The zero-order valence-electron chi connectivity index (χ0n) is 24.6. The predicted octanol–water partition coefficient (Wildman–Crippen LogP) is 3.55. The molecule has 1 amide bonds. The molecule has 0 aliphatic carbocycles. The number of carboxylic acid groups (broad SMARTS) is 1. The van der Waals surface area contributed by atoms with Crippen molar-refractivity contribution >= 4 is 27.6 Å². The Hall–Kier alpha value is -4.13. The van der Waals surface area contributed by atoms with Crippen LogP contribution in [0, 0.1) is 5.92 Å². The Labute approximate surface area is 251 Å². The van der Waals surface area contributed by atoms with E-state index in [1.807, 2.05) is 14.0 Å². The molecule has 0 saturated carbocycles. The maximum absolute atomic E-state index is 13.7. The quantitative estimate of drug-likeness (QED) is 0.296. The summed E-state index contributed by atoms with van der Waals surface area (Å²) in [6, 6.07) is 16.7. The van der Waals surface area contributed by atoms with Crippen LogP contribution < -0.4 is 14.2 Å². The number of hydrogen-bond acceptors (Lipinski definition) is 8. The molecule has 230 valence electrons. The Morgan fingerprint density at radius 3 is 2.42 bits per heavy atom. The molecule has 1 aliphatic rings. The minimum Gasteiger partial charge on any atom is -0.497 e. The van der Waals surface area contributed by atoms with Crippen LogP contribution in [-0.2, 0) is 16.6 Å². The molecule has 1 heterocycles. The number of carbonyl (C=O) groups is 2. The first kappa shape index (κ1) is 31.8. The standard InChI is InChI=1S/C31H37N3O8S/c1-20-16-34(21(2)19-35)30(36)27-15-24(32-43(39,40)26-12-10-25(41-4)11-13-26)9-14-28(27)42-29(20)18-33(3)17-22-5-7-23(8-6-22)31(37)38/h5-15,20-21,29,32,35H,16-19H2,1-4H3,(H,37,38)/t20-,21-,29+/m1/s1. The number of nitrogens with zero attached hydrogens (tertiary/aromatic N) is 2. The SMILES string of the molecule is COc1ccc(S(=O)(=O)Nc2ccc3c(c2)C(=O)N([C@H](C)CO)C[C@@H](C)[C@H](CN(C)Cc2ccc(C(=O)O)cc2)O3)cc1. The minimum absolute atomic E-state index is 0.0349. The van der Waals surface area contributed by atoms with E-state index in [9.17, 15) is 23.1 Å². The summed E-state index contributed by atoms with van der Waals surface area (Å²) in [6.45, 7) is 4.84. The number of carbonyl (C=O) groups excluding carboxylic acids is 1. The van der Waals surface area contributed by atoms with Crippen LogP contribution in [0.5, 0.6) is 11.5 Å². The van der Waals surface area contributed by atoms with Gasteiger partial charge in [-0.05, 0) is 74.1 Å². The molecule has 3 N–H and O–H groups in total. The number of nitrogens with one attached hydrogen (secondary N) is 1. The Bertz CT molecular complexity index is 1540. The molecular weight excluding hydrogens is 574 g/mol. The molecule has 0 aromatic heterocycles. The molecule has 1 aliphatic heterocycles. The largest absolute Gasteiger partial charge is 0.497 e. The normalized spacial score (nSPS) is 17.8. The van der Waals surface area contributed by atoms with Gasteiger partial charge in [0.05, 0.1) is 35.8 Å². The molecule has 0 saturated heterocycles. The number of aliphatic hydroxyl groups excluding tert-OH is 1. The monoisotopic (exact) mass is 611 g/mol. The first-order valence-corrected chi connectivity index (χ1v) is 15.3. The summed E-state index contributed by atoms with van der Waals surface area (Å²) < 4.78 is 40.2. The van der Waals surface area contributed by atoms with Gasteiger partial charge >= 0.3 is 5.97 Å². The van der Waals surface area contributed by atoms with Crippen LogP contribution in [0.1, 0.15) is 40.1 Å². The topological polar surface area (TPSA) is 146 Å². The Morgan fingerprint density at radius 2 is 1.81 bits per heavy atom. The van der Waals surface area contributed by atoms with Crippen LogP contribution in [-0.4, -0.2) is 86.3 Å². The molecule has 3 atom stereocenters. The zero-order valence-corrected chi connectivity index (χ0v) is 25.4. The van der Waals surface area contributed by atoms with Crippen molar-refractivity contribution in [1.29, 1.82) is 0 Å². The van der Waals surface area contributed by atoms with Crippen molar-refractivity contribution < 1.29 is 37.7 Å². The van der Waals surface area contributed by atoms with E-state index in [1.54, 1.807) is 60.4 Å². The molecule has 12 heteroatoms. The average molecular weight is 612 g/mol. The molecule has 0 unspecified atom stereocenters. The van der Waals surface area contributed by atoms with Gasteiger partial charge in [-0.15, -0.1) is 0 Å². The molecular formula is C31H37N3O8S. The van der Waals surface area contributed by atoms with Gasteiger partial charge in [-0.2, -0.15) is 0 Å². The van der Waals surface area contributed by atoms with Crippen molar-refractivity contribution in [3.05, 3.63) is 83.4 Å². The number of anilines is 1. The average Bonchev–Trinajstić information content (AvgIpc) is 2.99. The van der Waals surface area contributed by atoms with Crippen molar-refractivity contribution in [2.24, 2.45) is 5.92 Å². The first-order chi connectivity index (χ1) is 20.4. The fourth-order valence-electron chi connectivity index (χ4n) is 4.91. The summed E-state index contributed by atoms with van der Waals surface area (Å²) in [5.74, 6) is -0.645. The van der Waals surface area contributed by atoms with Gasteiger partial charge in [0, 0.05) is 31.2 Å². The van der Waals surface area contributed by atoms with E-state index in [0.29, 0.717) is 31.1 Å². The lowest BCUT2D eigenvalue weighted by molar-refractivity contribution is 0.0341. The maximum Gasteiger partial charge on any atom is 0.335 e. The summed E-state index contributed by atoms with van der Waals surface area (Å²) in [5, 5.41) is 19.1. The fraction of sp³-hybridized carbons (Fsp3) is 0.355. The fourth-order valence-corrected chi connectivity index (χ4v) is 5.96. The van der Waals surface area contributed by atoms with Gasteiger partial charge in [0.1, 0.15) is 17.6 Å². The number of aliphatic hydroxyl groups is 1. The summed E-state index contributed by atoms with van der Waals surface area (Å²) >= 11 is 0. The number of ether oxygens (including phenoxy) is 2. The van der Waals surface area contributed by atoms with Crippen molar-refractivity contribution in [3.8, 4) is 11.5 Å². The molecule has 0 radical (unpaired) electrons. The van der Waals surface area contributed by atoms with E-state index in [4.69, 9.17) is 14.6 Å². The lowest BCUT2D eigenvalue weighted by Crippen LogP contribution is -2.49. The number of hydrogen-bond donors (Lipinski definition) is 3. The smallest absolute Gasteiger partial charge is 0.335 e. The number of likely N-dealkylation sites (N-methyl/N-ethyl adjacent to an activating group) is 1. The molecule has 3 aromatic rings. The third kappa shape index (κ3) is 7.64.